The molecule has 0 radical (unpaired) electrons. The fourth-order valence-electron chi connectivity index (χ4n) is 2.61. The van der Waals surface area contributed by atoms with E-state index in [1.54, 1.807) is 13.0 Å². The molecule has 2 aromatic carbocycles. The maximum atomic E-state index is 12.4. The van der Waals surface area contributed by atoms with Crippen LogP contribution in [0, 0.1) is 17.0 Å². The zero-order valence-corrected chi connectivity index (χ0v) is 14.5. The number of hydrogen-bond donors (Lipinski definition) is 1. The molecule has 0 spiro atoms. The van der Waals surface area contributed by atoms with E-state index in [9.17, 15) is 19.7 Å². The number of carbonyl (C=O) groups is 1. The van der Waals surface area contributed by atoms with E-state index in [2.05, 4.69) is 10.4 Å². The van der Waals surface area contributed by atoms with Crippen molar-refractivity contribution in [3.63, 3.8) is 0 Å². The summed E-state index contributed by atoms with van der Waals surface area (Å²) in [5.74, 6) is -0.642. The van der Waals surface area contributed by atoms with Crippen molar-refractivity contribution in [2.45, 2.75) is 13.5 Å². The van der Waals surface area contributed by atoms with Gasteiger partial charge in [-0.25, -0.2) is 4.68 Å². The van der Waals surface area contributed by atoms with Crippen LogP contribution in [-0.4, -0.2) is 20.6 Å². The van der Waals surface area contributed by atoms with Crippen LogP contribution in [0.2, 0.25) is 0 Å². The number of aromatic nitrogens is 2. The van der Waals surface area contributed by atoms with Crippen LogP contribution in [0.4, 0.5) is 5.69 Å². The summed E-state index contributed by atoms with van der Waals surface area (Å²) >= 11 is 0. The molecule has 1 amide bonds. The van der Waals surface area contributed by atoms with Crippen molar-refractivity contribution >= 4 is 11.6 Å². The van der Waals surface area contributed by atoms with Gasteiger partial charge in [-0.05, 0) is 18.6 Å². The highest BCUT2D eigenvalue weighted by atomic mass is 16.6. The number of nitro benzene ring substituents is 1. The van der Waals surface area contributed by atoms with E-state index in [1.165, 1.54) is 28.9 Å². The second kappa shape index (κ2) is 7.61. The number of nitro groups is 1. The number of rotatable bonds is 5. The van der Waals surface area contributed by atoms with E-state index in [4.69, 9.17) is 0 Å². The first-order valence-corrected chi connectivity index (χ1v) is 8.14. The monoisotopic (exact) mass is 364 g/mol. The molecule has 0 aliphatic heterocycles. The van der Waals surface area contributed by atoms with Crippen LogP contribution in [0.3, 0.4) is 0 Å². The molecule has 8 nitrogen and oxygen atoms in total. The molecule has 136 valence electrons. The van der Waals surface area contributed by atoms with Crippen LogP contribution in [-0.2, 0) is 6.54 Å². The van der Waals surface area contributed by atoms with Gasteiger partial charge in [-0.2, -0.15) is 5.10 Å². The first-order valence-electron chi connectivity index (χ1n) is 8.14. The van der Waals surface area contributed by atoms with E-state index in [0.717, 1.165) is 5.56 Å². The third-order valence-corrected chi connectivity index (χ3v) is 3.93. The summed E-state index contributed by atoms with van der Waals surface area (Å²) < 4.78 is 1.23. The molecule has 3 rings (SSSR count). The van der Waals surface area contributed by atoms with E-state index >= 15 is 0 Å². The van der Waals surface area contributed by atoms with Crippen LogP contribution in [0.15, 0.2) is 65.5 Å². The Morgan fingerprint density at radius 1 is 1.15 bits per heavy atom. The maximum absolute atomic E-state index is 12.4. The number of aryl methyl sites for hydroxylation is 1. The van der Waals surface area contributed by atoms with Gasteiger partial charge in [0.15, 0.2) is 5.69 Å². The zero-order chi connectivity index (χ0) is 19.4. The molecule has 1 heterocycles. The molecule has 0 aliphatic carbocycles. The van der Waals surface area contributed by atoms with Gasteiger partial charge in [0.2, 0.25) is 5.43 Å². The molecule has 27 heavy (non-hydrogen) atoms. The predicted molar refractivity (Wildman–Crippen MR) is 98.8 cm³/mol. The van der Waals surface area contributed by atoms with Crippen molar-refractivity contribution in [2.75, 3.05) is 0 Å². The van der Waals surface area contributed by atoms with Crippen molar-refractivity contribution in [3.05, 3.63) is 98.0 Å². The van der Waals surface area contributed by atoms with Gasteiger partial charge in [-0.1, -0.05) is 42.5 Å². The highest BCUT2D eigenvalue weighted by Gasteiger charge is 2.19. The molecule has 8 heteroatoms. The number of hydrogen-bond acceptors (Lipinski definition) is 5. The number of nitrogens with one attached hydrogen (secondary N) is 1. The van der Waals surface area contributed by atoms with Crippen LogP contribution >= 0.6 is 0 Å². The Balaban J connectivity index is 1.96. The van der Waals surface area contributed by atoms with Gasteiger partial charge >= 0.3 is 0 Å². The largest absolute Gasteiger partial charge is 0.346 e. The summed E-state index contributed by atoms with van der Waals surface area (Å²) in [6, 6.07) is 16.5. The summed E-state index contributed by atoms with van der Waals surface area (Å²) in [6.45, 7) is 1.83. The lowest BCUT2D eigenvalue weighted by atomic mass is 10.2. The van der Waals surface area contributed by atoms with E-state index in [0.29, 0.717) is 5.69 Å². The third kappa shape index (κ3) is 3.90. The van der Waals surface area contributed by atoms with Gasteiger partial charge in [0.25, 0.3) is 11.6 Å². The molecule has 0 saturated carbocycles. The number of para-hydroxylation sites is 2. The molecule has 0 unspecified atom stereocenters. The predicted octanol–water partition coefficient (Wildman–Crippen LogP) is 2.38. The first kappa shape index (κ1) is 18.0. The Bertz CT molecular complexity index is 1060. The van der Waals surface area contributed by atoms with E-state index < -0.39 is 16.3 Å². The molecule has 0 aliphatic rings. The molecule has 0 atom stereocenters. The molecule has 1 N–H and O–H groups in total. The standard InChI is InChI=1S/C19H16N4O4/c1-13-11-17(24)18(19(25)20-12-14-7-3-2-4-8-14)21-22(13)15-9-5-6-10-16(15)23(26)27/h2-11H,12H2,1H3,(H,20,25). The fourth-order valence-corrected chi connectivity index (χ4v) is 2.61. The Morgan fingerprint density at radius 3 is 2.52 bits per heavy atom. The van der Waals surface area contributed by atoms with Gasteiger partial charge in [0.05, 0.1) is 4.92 Å². The zero-order valence-electron chi connectivity index (χ0n) is 14.5. The third-order valence-electron chi connectivity index (χ3n) is 3.93. The SMILES string of the molecule is Cc1cc(=O)c(C(=O)NCc2ccccc2)nn1-c1ccccc1[N+](=O)[O-]. The van der Waals surface area contributed by atoms with Gasteiger partial charge in [0, 0.05) is 24.4 Å². The van der Waals surface area contributed by atoms with Crippen molar-refractivity contribution in [1.82, 2.24) is 15.1 Å². The molecule has 3 aromatic rings. The molecule has 0 bridgehead atoms. The maximum Gasteiger partial charge on any atom is 0.294 e. The minimum absolute atomic E-state index is 0.174. The van der Waals surface area contributed by atoms with Crippen LogP contribution in [0.25, 0.3) is 5.69 Å². The number of nitrogens with zero attached hydrogens (tertiary/aromatic N) is 3. The lowest BCUT2D eigenvalue weighted by molar-refractivity contribution is -0.384. The van der Waals surface area contributed by atoms with Gasteiger partial charge in [0.1, 0.15) is 5.69 Å². The number of benzene rings is 2. The van der Waals surface area contributed by atoms with Gasteiger partial charge in [-0.3, -0.25) is 19.7 Å². The van der Waals surface area contributed by atoms with Crippen LogP contribution < -0.4 is 10.7 Å². The Hall–Kier alpha value is -3.81. The van der Waals surface area contributed by atoms with Crippen molar-refractivity contribution in [1.29, 1.82) is 0 Å². The summed E-state index contributed by atoms with van der Waals surface area (Å²) in [4.78, 5) is 35.4. The topological polar surface area (TPSA) is 107 Å². The smallest absolute Gasteiger partial charge is 0.294 e. The minimum Gasteiger partial charge on any atom is -0.346 e. The summed E-state index contributed by atoms with van der Waals surface area (Å²) in [7, 11) is 0. The van der Waals surface area contributed by atoms with Crippen molar-refractivity contribution in [3.8, 4) is 5.69 Å². The van der Waals surface area contributed by atoms with Crippen LogP contribution in [0.5, 0.6) is 0 Å². The highest BCUT2D eigenvalue weighted by molar-refractivity contribution is 5.92. The molecule has 1 aromatic heterocycles. The average Bonchev–Trinajstić information content (AvgIpc) is 2.67. The normalized spacial score (nSPS) is 10.4. The first-order chi connectivity index (χ1) is 13.0. The Morgan fingerprint density at radius 2 is 1.81 bits per heavy atom. The fraction of sp³-hybridized carbons (Fsp3) is 0.105. The van der Waals surface area contributed by atoms with Crippen molar-refractivity contribution in [2.24, 2.45) is 0 Å². The van der Waals surface area contributed by atoms with E-state index in [1.807, 2.05) is 30.3 Å². The van der Waals surface area contributed by atoms with E-state index in [-0.39, 0.29) is 23.6 Å². The van der Waals surface area contributed by atoms with Gasteiger partial charge in [-0.15, -0.1) is 0 Å². The molecule has 0 saturated heterocycles. The molecular weight excluding hydrogens is 348 g/mol. The lowest BCUT2D eigenvalue weighted by Gasteiger charge is -2.11. The number of carbonyl (C=O) groups excluding carboxylic acids is 1. The minimum atomic E-state index is -0.642. The number of amides is 1. The lowest BCUT2D eigenvalue weighted by Crippen LogP contribution is -2.31. The second-order valence-corrected chi connectivity index (χ2v) is 5.82. The van der Waals surface area contributed by atoms with Crippen molar-refractivity contribution < 1.29 is 9.72 Å². The van der Waals surface area contributed by atoms with Crippen LogP contribution in [0.1, 0.15) is 21.7 Å². The average molecular weight is 364 g/mol. The second-order valence-electron chi connectivity index (χ2n) is 5.82. The van der Waals surface area contributed by atoms with Gasteiger partial charge < -0.3 is 5.32 Å². The summed E-state index contributed by atoms with van der Waals surface area (Å²) in [5, 5.41) is 18.0. The highest BCUT2D eigenvalue weighted by Crippen LogP contribution is 2.22. The summed E-state index contributed by atoms with van der Waals surface area (Å²) in [6.07, 6.45) is 0. The quantitative estimate of drug-likeness (QED) is 0.552. The molecule has 0 fully saturated rings. The Labute approximate surface area is 154 Å². The Kier molecular flexibility index (Phi) is 5.07. The molecular formula is C19H16N4O4. The summed E-state index contributed by atoms with van der Waals surface area (Å²) in [5.41, 5.74) is 0.387.